The Hall–Kier alpha value is -0.610. The van der Waals surface area contributed by atoms with E-state index in [1.807, 2.05) is 12.1 Å². The van der Waals surface area contributed by atoms with E-state index in [1.54, 1.807) is 0 Å². The molecule has 0 spiro atoms. The van der Waals surface area contributed by atoms with Gasteiger partial charge in [-0.05, 0) is 50.2 Å². The third kappa shape index (κ3) is 3.69. The number of nitrogens with two attached hydrogens (primary N) is 1. The molecule has 19 heavy (non-hydrogen) atoms. The largest absolute Gasteiger partial charge is 0.329 e. The van der Waals surface area contributed by atoms with Crippen molar-refractivity contribution in [1.82, 2.24) is 9.80 Å². The van der Waals surface area contributed by atoms with Crippen LogP contribution in [0.2, 0.25) is 5.02 Å². The molecule has 0 aliphatic carbocycles. The monoisotopic (exact) mass is 281 g/mol. The van der Waals surface area contributed by atoms with Gasteiger partial charge in [-0.3, -0.25) is 4.90 Å². The fourth-order valence-corrected chi connectivity index (χ4v) is 3.09. The highest BCUT2D eigenvalue weighted by Crippen LogP contribution is 2.26. The molecule has 106 valence electrons. The predicted molar refractivity (Wildman–Crippen MR) is 81.7 cm³/mol. The van der Waals surface area contributed by atoms with E-state index >= 15 is 0 Å². The Bertz CT molecular complexity index is 422. The standard InChI is InChI=1S/C15H24ClN3/c1-12-10-13(16)4-5-14(12)15(11-17)19-7-3-6-18(2)8-9-19/h4-5,10,15H,3,6-9,11,17H2,1-2H3. The normalized spacial score (nSPS) is 20.2. The van der Waals surface area contributed by atoms with Gasteiger partial charge in [-0.25, -0.2) is 0 Å². The van der Waals surface area contributed by atoms with Crippen molar-refractivity contribution in [3.05, 3.63) is 34.3 Å². The Kier molecular flexibility index (Phi) is 5.22. The first-order chi connectivity index (χ1) is 9.11. The summed E-state index contributed by atoms with van der Waals surface area (Å²) in [7, 11) is 2.19. The van der Waals surface area contributed by atoms with Gasteiger partial charge in [0, 0.05) is 37.2 Å². The second kappa shape index (κ2) is 6.71. The molecule has 0 amide bonds. The summed E-state index contributed by atoms with van der Waals surface area (Å²) < 4.78 is 0. The topological polar surface area (TPSA) is 32.5 Å². The molecule has 1 aliphatic rings. The van der Waals surface area contributed by atoms with E-state index in [2.05, 4.69) is 29.8 Å². The van der Waals surface area contributed by atoms with Crippen LogP contribution in [0.4, 0.5) is 0 Å². The molecule has 1 unspecified atom stereocenters. The van der Waals surface area contributed by atoms with Crippen LogP contribution >= 0.6 is 11.6 Å². The molecule has 4 heteroatoms. The summed E-state index contributed by atoms with van der Waals surface area (Å²) in [5.74, 6) is 0. The average molecular weight is 282 g/mol. The minimum absolute atomic E-state index is 0.309. The van der Waals surface area contributed by atoms with Gasteiger partial charge in [0.15, 0.2) is 0 Å². The highest BCUT2D eigenvalue weighted by Gasteiger charge is 2.22. The van der Waals surface area contributed by atoms with Gasteiger partial charge >= 0.3 is 0 Å². The number of rotatable bonds is 3. The minimum Gasteiger partial charge on any atom is -0.329 e. The third-order valence-corrected chi connectivity index (χ3v) is 4.24. The first-order valence-corrected chi connectivity index (χ1v) is 7.38. The van der Waals surface area contributed by atoms with Crippen LogP contribution in [0.25, 0.3) is 0 Å². The molecule has 2 N–H and O–H groups in total. The van der Waals surface area contributed by atoms with Gasteiger partial charge in [-0.1, -0.05) is 17.7 Å². The molecule has 0 radical (unpaired) electrons. The number of nitrogens with zero attached hydrogens (tertiary/aromatic N) is 2. The van der Waals surface area contributed by atoms with Crippen molar-refractivity contribution in [2.24, 2.45) is 5.73 Å². The van der Waals surface area contributed by atoms with Gasteiger partial charge in [0.1, 0.15) is 0 Å². The van der Waals surface area contributed by atoms with Gasteiger partial charge < -0.3 is 10.6 Å². The Morgan fingerprint density at radius 1 is 1.26 bits per heavy atom. The fourth-order valence-electron chi connectivity index (χ4n) is 2.86. The molecule has 1 aliphatic heterocycles. The maximum absolute atomic E-state index is 6.04. The van der Waals surface area contributed by atoms with Crippen molar-refractivity contribution in [3.8, 4) is 0 Å². The van der Waals surface area contributed by atoms with Crippen LogP contribution in [0.5, 0.6) is 0 Å². The first-order valence-electron chi connectivity index (χ1n) is 7.00. The maximum atomic E-state index is 6.04. The van der Waals surface area contributed by atoms with E-state index in [-0.39, 0.29) is 0 Å². The van der Waals surface area contributed by atoms with Crippen LogP contribution in [0.3, 0.4) is 0 Å². The lowest BCUT2D eigenvalue weighted by Gasteiger charge is -2.31. The summed E-state index contributed by atoms with van der Waals surface area (Å²) in [6.07, 6.45) is 1.21. The van der Waals surface area contributed by atoms with Crippen LogP contribution in [-0.4, -0.2) is 49.6 Å². The average Bonchev–Trinajstić information content (AvgIpc) is 2.58. The second-order valence-corrected chi connectivity index (χ2v) is 5.88. The van der Waals surface area contributed by atoms with Crippen molar-refractivity contribution < 1.29 is 0 Å². The van der Waals surface area contributed by atoms with Gasteiger partial charge in [0.25, 0.3) is 0 Å². The van der Waals surface area contributed by atoms with Crippen LogP contribution in [0.1, 0.15) is 23.6 Å². The molecule has 0 saturated carbocycles. The zero-order valence-electron chi connectivity index (χ0n) is 11.9. The fraction of sp³-hybridized carbons (Fsp3) is 0.600. The smallest absolute Gasteiger partial charge is 0.0473 e. The SMILES string of the molecule is Cc1cc(Cl)ccc1C(CN)N1CCCN(C)CC1. The summed E-state index contributed by atoms with van der Waals surface area (Å²) in [6, 6.07) is 6.44. The number of aryl methyl sites for hydroxylation is 1. The first kappa shape index (κ1) is 14.8. The number of hydrogen-bond donors (Lipinski definition) is 1. The van der Waals surface area contributed by atoms with Crippen LogP contribution < -0.4 is 5.73 Å². The molecule has 3 nitrogen and oxygen atoms in total. The van der Waals surface area contributed by atoms with Gasteiger partial charge in [-0.15, -0.1) is 0 Å². The van der Waals surface area contributed by atoms with Crippen molar-refractivity contribution in [2.45, 2.75) is 19.4 Å². The summed E-state index contributed by atoms with van der Waals surface area (Å²) in [4.78, 5) is 4.90. The lowest BCUT2D eigenvalue weighted by molar-refractivity contribution is 0.207. The zero-order chi connectivity index (χ0) is 13.8. The number of halogens is 1. The summed E-state index contributed by atoms with van der Waals surface area (Å²) in [6.45, 7) is 7.27. The summed E-state index contributed by atoms with van der Waals surface area (Å²) in [5.41, 5.74) is 8.59. The summed E-state index contributed by atoms with van der Waals surface area (Å²) >= 11 is 6.04. The van der Waals surface area contributed by atoms with Gasteiger partial charge in [0.2, 0.25) is 0 Å². The Morgan fingerprint density at radius 2 is 2.05 bits per heavy atom. The van der Waals surface area contributed by atoms with E-state index in [0.29, 0.717) is 12.6 Å². The number of likely N-dealkylation sites (N-methyl/N-ethyl adjacent to an activating group) is 1. The Morgan fingerprint density at radius 3 is 2.74 bits per heavy atom. The molecular formula is C15H24ClN3. The predicted octanol–water partition coefficient (Wildman–Crippen LogP) is 2.29. The molecule has 1 aromatic carbocycles. The lowest BCUT2D eigenvalue weighted by Crippen LogP contribution is -2.36. The molecule has 0 bridgehead atoms. The van der Waals surface area contributed by atoms with Gasteiger partial charge in [0.05, 0.1) is 0 Å². The maximum Gasteiger partial charge on any atom is 0.0473 e. The van der Waals surface area contributed by atoms with E-state index in [9.17, 15) is 0 Å². The van der Waals surface area contributed by atoms with Crippen molar-refractivity contribution >= 4 is 11.6 Å². The molecule has 1 saturated heterocycles. The Labute approximate surface area is 121 Å². The van der Waals surface area contributed by atoms with Crippen LogP contribution in [0.15, 0.2) is 18.2 Å². The van der Waals surface area contributed by atoms with Crippen molar-refractivity contribution in [2.75, 3.05) is 39.8 Å². The molecule has 2 rings (SSSR count). The van der Waals surface area contributed by atoms with Gasteiger partial charge in [-0.2, -0.15) is 0 Å². The van der Waals surface area contributed by atoms with E-state index in [1.165, 1.54) is 24.1 Å². The molecule has 1 atom stereocenters. The molecule has 1 aromatic rings. The number of benzene rings is 1. The van der Waals surface area contributed by atoms with E-state index in [4.69, 9.17) is 17.3 Å². The lowest BCUT2D eigenvalue weighted by atomic mass is 9.99. The highest BCUT2D eigenvalue weighted by atomic mass is 35.5. The highest BCUT2D eigenvalue weighted by molar-refractivity contribution is 6.30. The second-order valence-electron chi connectivity index (χ2n) is 5.45. The van der Waals surface area contributed by atoms with E-state index < -0.39 is 0 Å². The van der Waals surface area contributed by atoms with E-state index in [0.717, 1.165) is 24.7 Å². The number of hydrogen-bond acceptors (Lipinski definition) is 3. The van der Waals surface area contributed by atoms with Crippen LogP contribution in [0, 0.1) is 6.92 Å². The quantitative estimate of drug-likeness (QED) is 0.923. The van der Waals surface area contributed by atoms with Crippen molar-refractivity contribution in [3.63, 3.8) is 0 Å². The zero-order valence-corrected chi connectivity index (χ0v) is 12.7. The molecule has 1 heterocycles. The molecule has 0 aromatic heterocycles. The van der Waals surface area contributed by atoms with Crippen LogP contribution in [-0.2, 0) is 0 Å². The summed E-state index contributed by atoms with van der Waals surface area (Å²) in [5, 5.41) is 0.799. The van der Waals surface area contributed by atoms with Crippen molar-refractivity contribution in [1.29, 1.82) is 0 Å². The Balaban J connectivity index is 2.18. The third-order valence-electron chi connectivity index (χ3n) is 4.01. The molecule has 1 fully saturated rings. The minimum atomic E-state index is 0.309. The molecular weight excluding hydrogens is 258 g/mol.